The molecule has 0 amide bonds. The molecule has 12 heavy (non-hydrogen) atoms. The standard InChI is InChI=1S/C7H7FN4/c1-4-10-11-7-6(9)2-5(8)3-12(4)7/h2-3H,9H2,1H3. The van der Waals surface area contributed by atoms with Gasteiger partial charge in [0.1, 0.15) is 11.6 Å². The lowest BCUT2D eigenvalue weighted by Gasteiger charge is -1.97. The number of nitrogens with zero attached hydrogens (tertiary/aromatic N) is 3. The summed E-state index contributed by atoms with van der Waals surface area (Å²) in [4.78, 5) is 0. The Morgan fingerprint density at radius 2 is 2.25 bits per heavy atom. The second-order valence-electron chi connectivity index (χ2n) is 2.55. The van der Waals surface area contributed by atoms with E-state index >= 15 is 0 Å². The van der Waals surface area contributed by atoms with Gasteiger partial charge in [0.15, 0.2) is 5.65 Å². The third kappa shape index (κ3) is 0.827. The number of aryl methyl sites for hydroxylation is 1. The molecule has 0 atom stereocenters. The highest BCUT2D eigenvalue weighted by Crippen LogP contribution is 2.13. The van der Waals surface area contributed by atoms with Gasteiger partial charge >= 0.3 is 0 Å². The number of nitrogens with two attached hydrogens (primary N) is 1. The van der Waals surface area contributed by atoms with Gasteiger partial charge in [-0.2, -0.15) is 0 Å². The highest BCUT2D eigenvalue weighted by atomic mass is 19.1. The molecule has 2 aromatic rings. The number of fused-ring (bicyclic) bond motifs is 1. The minimum atomic E-state index is -0.386. The molecule has 2 rings (SSSR count). The fraction of sp³-hybridized carbons (Fsp3) is 0.143. The van der Waals surface area contributed by atoms with Crippen LogP contribution < -0.4 is 5.73 Å². The summed E-state index contributed by atoms with van der Waals surface area (Å²) in [6, 6.07) is 1.23. The van der Waals surface area contributed by atoms with Gasteiger partial charge in [0.2, 0.25) is 0 Å². The van der Waals surface area contributed by atoms with Crippen LogP contribution in [0.1, 0.15) is 5.82 Å². The van der Waals surface area contributed by atoms with E-state index in [1.54, 1.807) is 6.92 Å². The minimum Gasteiger partial charge on any atom is -0.396 e. The maximum atomic E-state index is 12.8. The minimum absolute atomic E-state index is 0.301. The summed E-state index contributed by atoms with van der Waals surface area (Å²) in [6.07, 6.45) is 1.31. The van der Waals surface area contributed by atoms with Crippen LogP contribution in [-0.4, -0.2) is 14.6 Å². The van der Waals surface area contributed by atoms with Crippen molar-refractivity contribution in [3.63, 3.8) is 0 Å². The fourth-order valence-electron chi connectivity index (χ4n) is 1.09. The summed E-state index contributed by atoms with van der Waals surface area (Å²) < 4.78 is 14.3. The van der Waals surface area contributed by atoms with E-state index in [2.05, 4.69) is 10.2 Å². The van der Waals surface area contributed by atoms with Crippen LogP contribution in [0, 0.1) is 12.7 Å². The average molecular weight is 166 g/mol. The Balaban J connectivity index is 2.92. The quantitative estimate of drug-likeness (QED) is 0.628. The number of halogens is 1. The van der Waals surface area contributed by atoms with Crippen molar-refractivity contribution in [3.05, 3.63) is 23.9 Å². The molecule has 0 unspecified atom stereocenters. The Kier molecular flexibility index (Phi) is 1.27. The third-order valence-electron chi connectivity index (χ3n) is 1.67. The van der Waals surface area contributed by atoms with Crippen molar-refractivity contribution in [1.29, 1.82) is 0 Å². The Morgan fingerprint density at radius 1 is 1.50 bits per heavy atom. The molecule has 5 heteroatoms. The molecule has 0 radical (unpaired) electrons. The van der Waals surface area contributed by atoms with Crippen LogP contribution in [0.5, 0.6) is 0 Å². The molecule has 0 aliphatic rings. The number of hydrogen-bond donors (Lipinski definition) is 1. The van der Waals surface area contributed by atoms with Crippen LogP contribution in [0.2, 0.25) is 0 Å². The SMILES string of the molecule is Cc1nnc2c(N)cc(F)cn12. The van der Waals surface area contributed by atoms with Crippen LogP contribution >= 0.6 is 0 Å². The molecular formula is C7H7FN4. The fourth-order valence-corrected chi connectivity index (χ4v) is 1.09. The number of rotatable bonds is 0. The summed E-state index contributed by atoms with van der Waals surface area (Å²) in [7, 11) is 0. The molecule has 62 valence electrons. The highest BCUT2D eigenvalue weighted by Gasteiger charge is 2.05. The lowest BCUT2D eigenvalue weighted by atomic mass is 10.4. The van der Waals surface area contributed by atoms with Gasteiger partial charge < -0.3 is 5.73 Å². The van der Waals surface area contributed by atoms with Gasteiger partial charge in [0.05, 0.1) is 5.69 Å². The van der Waals surface area contributed by atoms with Crippen molar-refractivity contribution < 1.29 is 4.39 Å². The van der Waals surface area contributed by atoms with Gasteiger partial charge in [0, 0.05) is 12.3 Å². The molecule has 2 heterocycles. The van der Waals surface area contributed by atoms with E-state index in [1.807, 2.05) is 0 Å². The van der Waals surface area contributed by atoms with Crippen molar-refractivity contribution >= 4 is 11.3 Å². The molecular weight excluding hydrogens is 159 g/mol. The van der Waals surface area contributed by atoms with Crippen molar-refractivity contribution in [3.8, 4) is 0 Å². The van der Waals surface area contributed by atoms with Gasteiger partial charge in [-0.15, -0.1) is 10.2 Å². The molecule has 0 aliphatic carbocycles. The maximum Gasteiger partial charge on any atom is 0.184 e. The Morgan fingerprint density at radius 3 is 3.00 bits per heavy atom. The predicted molar refractivity (Wildman–Crippen MR) is 42.1 cm³/mol. The first-order valence-electron chi connectivity index (χ1n) is 3.45. The number of hydrogen-bond acceptors (Lipinski definition) is 3. The second kappa shape index (κ2) is 2.17. The first-order chi connectivity index (χ1) is 5.68. The molecule has 2 N–H and O–H groups in total. The molecule has 0 fully saturated rings. The van der Waals surface area contributed by atoms with Gasteiger partial charge in [-0.3, -0.25) is 4.40 Å². The van der Waals surface area contributed by atoms with Crippen LogP contribution in [0.4, 0.5) is 10.1 Å². The van der Waals surface area contributed by atoms with Gasteiger partial charge in [0.25, 0.3) is 0 Å². The third-order valence-corrected chi connectivity index (χ3v) is 1.67. The number of pyridine rings is 1. The molecule has 0 spiro atoms. The van der Waals surface area contributed by atoms with Crippen LogP contribution in [0.3, 0.4) is 0 Å². The molecule has 0 saturated carbocycles. The van der Waals surface area contributed by atoms with Crippen molar-refractivity contribution in [1.82, 2.24) is 14.6 Å². The zero-order valence-electron chi connectivity index (χ0n) is 6.45. The summed E-state index contributed by atoms with van der Waals surface area (Å²) in [6.45, 7) is 1.74. The first-order valence-corrected chi connectivity index (χ1v) is 3.45. The molecule has 0 aromatic carbocycles. The lowest BCUT2D eigenvalue weighted by molar-refractivity contribution is 0.619. The first kappa shape index (κ1) is 7.02. The van der Waals surface area contributed by atoms with Crippen molar-refractivity contribution in [2.24, 2.45) is 0 Å². The number of nitrogen functional groups attached to an aromatic ring is 1. The lowest BCUT2D eigenvalue weighted by Crippen LogP contribution is -1.95. The van der Waals surface area contributed by atoms with E-state index in [-0.39, 0.29) is 5.82 Å². The number of aromatic nitrogens is 3. The van der Waals surface area contributed by atoms with Gasteiger partial charge in [-0.1, -0.05) is 0 Å². The van der Waals surface area contributed by atoms with E-state index in [0.717, 1.165) is 0 Å². The zero-order chi connectivity index (χ0) is 8.72. The monoisotopic (exact) mass is 166 g/mol. The van der Waals surface area contributed by atoms with Crippen LogP contribution in [0.25, 0.3) is 5.65 Å². The smallest absolute Gasteiger partial charge is 0.184 e. The van der Waals surface area contributed by atoms with Crippen LogP contribution in [0.15, 0.2) is 12.3 Å². The van der Waals surface area contributed by atoms with E-state index < -0.39 is 0 Å². The summed E-state index contributed by atoms with van der Waals surface area (Å²) in [5.41, 5.74) is 6.30. The van der Waals surface area contributed by atoms with Crippen molar-refractivity contribution in [2.45, 2.75) is 6.92 Å². The molecule has 4 nitrogen and oxygen atoms in total. The van der Waals surface area contributed by atoms with Gasteiger partial charge in [-0.25, -0.2) is 4.39 Å². The molecule has 0 saturated heterocycles. The summed E-state index contributed by atoms with van der Waals surface area (Å²) in [5.74, 6) is 0.235. The predicted octanol–water partition coefficient (Wildman–Crippen LogP) is 0.759. The normalized spacial score (nSPS) is 10.8. The Bertz CT molecular complexity index is 434. The van der Waals surface area contributed by atoms with Crippen molar-refractivity contribution in [2.75, 3.05) is 5.73 Å². The zero-order valence-corrected chi connectivity index (χ0v) is 6.45. The van der Waals surface area contributed by atoms with Gasteiger partial charge in [-0.05, 0) is 6.92 Å². The second-order valence-corrected chi connectivity index (χ2v) is 2.55. The topological polar surface area (TPSA) is 56.2 Å². The summed E-state index contributed by atoms with van der Waals surface area (Å²) >= 11 is 0. The molecule has 0 aliphatic heterocycles. The summed E-state index contributed by atoms with van der Waals surface area (Å²) in [5, 5.41) is 7.54. The van der Waals surface area contributed by atoms with E-state index in [1.165, 1.54) is 16.7 Å². The average Bonchev–Trinajstić information content (AvgIpc) is 2.33. The molecule has 2 aromatic heterocycles. The largest absolute Gasteiger partial charge is 0.396 e. The van der Waals surface area contributed by atoms with E-state index in [9.17, 15) is 4.39 Å². The molecule has 0 bridgehead atoms. The maximum absolute atomic E-state index is 12.8. The van der Waals surface area contributed by atoms with E-state index in [4.69, 9.17) is 5.73 Å². The van der Waals surface area contributed by atoms with Crippen LogP contribution in [-0.2, 0) is 0 Å². The number of anilines is 1. The Hall–Kier alpha value is -1.65. The van der Waals surface area contributed by atoms with E-state index in [0.29, 0.717) is 17.2 Å². The Labute approximate surface area is 67.8 Å². The highest BCUT2D eigenvalue weighted by molar-refractivity contribution is 5.63.